The van der Waals surface area contributed by atoms with Crippen LogP contribution in [0.4, 0.5) is 0 Å². The number of aliphatic hydroxyl groups is 7. The molecule has 20 heteroatoms. The Bertz CT molecular complexity index is 1310. The minimum Gasteiger partial charge on any atom is -0.756 e. The number of carbonyl (C=O) groups is 2. The van der Waals surface area contributed by atoms with Gasteiger partial charge in [0, 0.05) is 12.8 Å². The molecule has 390 valence electrons. The molecule has 0 bridgehead atoms. The first-order valence-corrected chi connectivity index (χ1v) is 26.9. The number of aliphatic hydroxyl groups excluding tert-OH is 7. The minimum absolute atomic E-state index is 0. The summed E-state index contributed by atoms with van der Waals surface area (Å²) < 4.78 is 45.4. The van der Waals surface area contributed by atoms with E-state index in [4.69, 9.17) is 33.7 Å². The van der Waals surface area contributed by atoms with Crippen LogP contribution in [0, 0.1) is 0 Å². The largest absolute Gasteiger partial charge is 1.00 e. The number of phosphoric ester groups is 1. The first kappa shape index (κ1) is 64.7. The van der Waals surface area contributed by atoms with Gasteiger partial charge in [0.1, 0.15) is 61.5 Å². The maximum absolute atomic E-state index is 13.3. The van der Waals surface area contributed by atoms with Crippen LogP contribution in [0.15, 0.2) is 0 Å². The van der Waals surface area contributed by atoms with Crippen LogP contribution >= 0.6 is 7.82 Å². The summed E-state index contributed by atoms with van der Waals surface area (Å²) in [6, 6.07) is -1.53. The molecule has 0 aromatic carbocycles. The number of nitrogens with two attached hydrogens (primary N) is 1. The van der Waals surface area contributed by atoms with E-state index in [0.29, 0.717) is 12.8 Å². The van der Waals surface area contributed by atoms with Crippen molar-refractivity contribution in [2.24, 2.45) is 5.73 Å². The SMILES string of the molecule is CCCCCCCCCCCCCCCC(=O)OC[C@H](COP(=O)([O-])O[C@@H]1[C@H](O)[C@H](O)[C@@H](O)[C@H](O)[C@H]1O[C@H]1O[C@H](CO)[C@@H](O)[C@H](O)[C@H]1N)OC(=O)CCCCCCCCCCCCCCC.[Na+]. The molecule has 2 rings (SSSR count). The smallest absolute Gasteiger partial charge is 0.756 e. The van der Waals surface area contributed by atoms with E-state index in [2.05, 4.69) is 13.8 Å². The fourth-order valence-corrected chi connectivity index (χ4v) is 9.34. The van der Waals surface area contributed by atoms with Crippen LogP contribution in [0.2, 0.25) is 0 Å². The monoisotopic (exact) mass is 994 g/mol. The van der Waals surface area contributed by atoms with Crippen LogP contribution < -0.4 is 40.2 Å². The Morgan fingerprint density at radius 3 is 1.42 bits per heavy atom. The Balaban J connectivity index is 0.0000224. The quantitative estimate of drug-likeness (QED) is 0.0189. The molecule has 1 heterocycles. The molecule has 67 heavy (non-hydrogen) atoms. The third-order valence-corrected chi connectivity index (χ3v) is 13.6. The topological polar surface area (TPSA) is 297 Å². The Kier molecular flexibility index (Phi) is 37.0. The van der Waals surface area contributed by atoms with Gasteiger partial charge in [-0.25, -0.2) is 0 Å². The fourth-order valence-electron chi connectivity index (χ4n) is 8.39. The molecule has 18 nitrogen and oxygen atoms in total. The fraction of sp³-hybridized carbons (Fsp3) is 0.957. The van der Waals surface area contributed by atoms with Crippen LogP contribution in [0.25, 0.3) is 0 Å². The normalized spacial score (nSPS) is 27.8. The second kappa shape index (κ2) is 38.3. The molecule has 13 atom stereocenters. The maximum atomic E-state index is 13.3. The second-order valence-corrected chi connectivity index (χ2v) is 19.8. The van der Waals surface area contributed by atoms with Gasteiger partial charge in [-0.05, 0) is 12.8 Å². The summed E-state index contributed by atoms with van der Waals surface area (Å²) in [5.74, 6) is -1.22. The van der Waals surface area contributed by atoms with Crippen LogP contribution in [0.3, 0.4) is 0 Å². The van der Waals surface area contributed by atoms with Gasteiger partial charge in [0.15, 0.2) is 12.4 Å². The predicted octanol–water partition coefficient (Wildman–Crippen LogP) is 1.89. The molecule has 0 radical (unpaired) electrons. The van der Waals surface area contributed by atoms with E-state index in [9.17, 15) is 54.8 Å². The van der Waals surface area contributed by atoms with Gasteiger partial charge in [0.2, 0.25) is 0 Å². The average molecular weight is 994 g/mol. The van der Waals surface area contributed by atoms with Crippen molar-refractivity contribution >= 4 is 19.8 Å². The molecule has 1 unspecified atom stereocenters. The van der Waals surface area contributed by atoms with Crippen LogP contribution in [0.1, 0.15) is 194 Å². The van der Waals surface area contributed by atoms with E-state index in [0.717, 1.165) is 51.4 Å². The average Bonchev–Trinajstić information content (AvgIpc) is 3.29. The van der Waals surface area contributed by atoms with Crippen molar-refractivity contribution in [2.45, 2.75) is 267 Å². The molecular formula is C47H89NNaO17P. The second-order valence-electron chi connectivity index (χ2n) is 18.4. The number of unbranched alkanes of at least 4 members (excludes halogenated alkanes) is 24. The van der Waals surface area contributed by atoms with Crippen molar-refractivity contribution in [3.8, 4) is 0 Å². The number of hydrogen-bond acceptors (Lipinski definition) is 18. The number of esters is 2. The summed E-state index contributed by atoms with van der Waals surface area (Å²) in [5.41, 5.74) is 5.94. The molecule has 0 amide bonds. The Morgan fingerprint density at radius 2 is 0.985 bits per heavy atom. The van der Waals surface area contributed by atoms with E-state index in [-0.39, 0.29) is 42.4 Å². The third-order valence-electron chi connectivity index (χ3n) is 12.6. The molecule has 2 fully saturated rings. The molecule has 1 aliphatic heterocycles. The van der Waals surface area contributed by atoms with Crippen molar-refractivity contribution in [1.82, 2.24) is 0 Å². The summed E-state index contributed by atoms with van der Waals surface area (Å²) in [4.78, 5) is 39.0. The molecular weight excluding hydrogens is 904 g/mol. The van der Waals surface area contributed by atoms with Gasteiger partial charge in [0.25, 0.3) is 7.82 Å². The van der Waals surface area contributed by atoms with Gasteiger partial charge in [-0.3, -0.25) is 14.2 Å². The van der Waals surface area contributed by atoms with E-state index < -0.39 is 113 Å². The van der Waals surface area contributed by atoms with Crippen LogP contribution in [-0.2, 0) is 42.1 Å². The first-order chi connectivity index (χ1) is 31.7. The molecule has 1 saturated carbocycles. The molecule has 1 aliphatic carbocycles. The molecule has 0 aromatic heterocycles. The molecule has 0 spiro atoms. The minimum atomic E-state index is -5.58. The molecule has 2 aliphatic rings. The van der Waals surface area contributed by atoms with Gasteiger partial charge in [-0.1, -0.05) is 168 Å². The number of hydrogen-bond donors (Lipinski definition) is 8. The van der Waals surface area contributed by atoms with Crippen molar-refractivity contribution < 1.29 is 112 Å². The van der Waals surface area contributed by atoms with E-state index in [1.165, 1.54) is 103 Å². The van der Waals surface area contributed by atoms with Gasteiger partial charge >= 0.3 is 41.5 Å². The van der Waals surface area contributed by atoms with Gasteiger partial charge in [0.05, 0.1) is 19.3 Å². The Morgan fingerprint density at radius 1 is 0.582 bits per heavy atom. The number of rotatable bonds is 39. The van der Waals surface area contributed by atoms with Crippen LogP contribution in [-0.4, -0.2) is 141 Å². The number of phosphoric acid groups is 1. The maximum Gasteiger partial charge on any atom is 1.00 e. The molecule has 0 aromatic rings. The summed E-state index contributed by atoms with van der Waals surface area (Å²) in [6.45, 7) is 2.22. The van der Waals surface area contributed by atoms with Gasteiger partial charge < -0.3 is 74.4 Å². The summed E-state index contributed by atoms with van der Waals surface area (Å²) >= 11 is 0. The summed E-state index contributed by atoms with van der Waals surface area (Å²) in [6.07, 6.45) is 8.83. The van der Waals surface area contributed by atoms with E-state index in [1.54, 1.807) is 0 Å². The zero-order valence-electron chi connectivity index (χ0n) is 41.1. The van der Waals surface area contributed by atoms with Crippen molar-refractivity contribution in [1.29, 1.82) is 0 Å². The summed E-state index contributed by atoms with van der Waals surface area (Å²) in [5, 5.41) is 72.6. The molecule has 1 saturated heterocycles. The van der Waals surface area contributed by atoms with Crippen molar-refractivity contribution in [2.75, 3.05) is 19.8 Å². The van der Waals surface area contributed by atoms with Crippen molar-refractivity contribution in [3.05, 3.63) is 0 Å². The van der Waals surface area contributed by atoms with E-state index in [1.807, 2.05) is 0 Å². The predicted molar refractivity (Wildman–Crippen MR) is 245 cm³/mol. The van der Waals surface area contributed by atoms with Gasteiger partial charge in [-0.2, -0.15) is 0 Å². The van der Waals surface area contributed by atoms with Crippen molar-refractivity contribution in [3.63, 3.8) is 0 Å². The van der Waals surface area contributed by atoms with Gasteiger partial charge in [-0.15, -0.1) is 0 Å². The van der Waals surface area contributed by atoms with Crippen LogP contribution in [0.5, 0.6) is 0 Å². The Labute approximate surface area is 422 Å². The zero-order chi connectivity index (χ0) is 48.7. The first-order valence-electron chi connectivity index (χ1n) is 25.4. The third kappa shape index (κ3) is 26.8. The number of carbonyl (C=O) groups excluding carboxylic acids is 2. The number of ether oxygens (including phenoxy) is 4. The summed E-state index contributed by atoms with van der Waals surface area (Å²) in [7, 11) is -5.58. The standard InChI is InChI=1S/C47H90NO17P.Na/c1-3-5-7-9-11-13-15-17-19-21-23-25-27-29-36(50)60-32-34(62-37(51)30-28-26-24-22-20-18-16-14-12-10-8-6-4-2)33-61-66(58,59)65-46-44(57)42(55)41(54)43(56)45(46)64-47-38(48)40(53)39(52)35(31-49)63-47;/h34-35,38-47,49,52-57H,3-33,48H2,1-2H3,(H,58,59);/q;+1/p-1/t34-,35-,38-,39-,40-,41-,42-,43+,44-,45-,46-,47-;/m1./s1. The Hall–Kier alpha value is -0.350. The zero-order valence-corrected chi connectivity index (χ0v) is 44.0. The van der Waals surface area contributed by atoms with E-state index >= 15 is 0 Å². The molecule has 9 N–H and O–H groups in total.